The Hall–Kier alpha value is -2.55. The molecule has 0 heterocycles. The van der Waals surface area contributed by atoms with Gasteiger partial charge in [-0.15, -0.1) is 0 Å². The summed E-state index contributed by atoms with van der Waals surface area (Å²) in [6.45, 7) is 4.01. The topological polar surface area (TPSA) is 41.1 Å². The fourth-order valence-corrected chi connectivity index (χ4v) is 1.82. The van der Waals surface area contributed by atoms with Gasteiger partial charge in [-0.05, 0) is 42.7 Å². The molecule has 0 atom stereocenters. The molecule has 0 saturated carbocycles. The molecule has 0 saturated heterocycles. The van der Waals surface area contributed by atoms with Crippen molar-refractivity contribution in [1.82, 2.24) is 5.32 Å². The van der Waals surface area contributed by atoms with Crippen molar-refractivity contribution in [2.75, 3.05) is 5.32 Å². The van der Waals surface area contributed by atoms with Crippen LogP contribution in [-0.2, 0) is 0 Å². The van der Waals surface area contributed by atoms with Crippen LogP contribution in [0.5, 0.6) is 0 Å². The van der Waals surface area contributed by atoms with Crippen LogP contribution in [-0.4, -0.2) is 6.03 Å². The lowest BCUT2D eigenvalue weighted by atomic mass is 10.1. The van der Waals surface area contributed by atoms with Gasteiger partial charge in [0.15, 0.2) is 0 Å². The summed E-state index contributed by atoms with van der Waals surface area (Å²) in [7, 11) is 0. The second-order valence-electron chi connectivity index (χ2n) is 4.59. The average Bonchev–Trinajstić information content (AvgIpc) is 2.45. The lowest BCUT2D eigenvalue weighted by molar-refractivity contribution is 0.255. The summed E-state index contributed by atoms with van der Waals surface area (Å²) in [6.07, 6.45) is 3.48. The van der Waals surface area contributed by atoms with Crippen molar-refractivity contribution in [1.29, 1.82) is 0 Å². The number of carbonyl (C=O) groups excluding carboxylic acids is 1. The van der Waals surface area contributed by atoms with Crippen LogP contribution in [0.1, 0.15) is 16.7 Å². The van der Waals surface area contributed by atoms with Gasteiger partial charge < -0.3 is 10.6 Å². The fourth-order valence-electron chi connectivity index (χ4n) is 1.82. The van der Waals surface area contributed by atoms with E-state index >= 15 is 0 Å². The Kier molecular flexibility index (Phi) is 4.56. The van der Waals surface area contributed by atoms with Crippen LogP contribution in [0.15, 0.2) is 54.7 Å². The highest BCUT2D eigenvalue weighted by Gasteiger charge is 2.03. The average molecular weight is 266 g/mol. The van der Waals surface area contributed by atoms with Gasteiger partial charge in [-0.2, -0.15) is 0 Å². The Bertz CT molecular complexity index is 618. The molecule has 0 aromatic heterocycles. The molecule has 0 bridgehead atoms. The zero-order valence-electron chi connectivity index (χ0n) is 11.7. The third-order valence-corrected chi connectivity index (χ3v) is 3.14. The van der Waals surface area contributed by atoms with E-state index in [1.165, 1.54) is 0 Å². The summed E-state index contributed by atoms with van der Waals surface area (Å²) in [6, 6.07) is 15.4. The standard InChI is InChI=1S/C17H18N2O/c1-13-7-6-10-16(14(13)2)19-17(20)18-12-11-15-8-4-3-5-9-15/h3-12H,1-2H3,(H2,18,19,20)/b12-11+. The molecule has 102 valence electrons. The van der Waals surface area contributed by atoms with E-state index in [2.05, 4.69) is 10.6 Å². The number of hydrogen-bond acceptors (Lipinski definition) is 1. The highest BCUT2D eigenvalue weighted by molar-refractivity contribution is 5.91. The SMILES string of the molecule is Cc1cccc(NC(=O)N/C=C/c2ccccc2)c1C. The third kappa shape index (κ3) is 3.72. The van der Waals surface area contributed by atoms with Crippen LogP contribution in [0, 0.1) is 13.8 Å². The molecule has 0 aliphatic carbocycles. The molecule has 20 heavy (non-hydrogen) atoms. The minimum Gasteiger partial charge on any atom is -0.314 e. The maximum atomic E-state index is 11.8. The molecule has 2 N–H and O–H groups in total. The highest BCUT2D eigenvalue weighted by atomic mass is 16.2. The van der Waals surface area contributed by atoms with Crippen LogP contribution in [0.4, 0.5) is 10.5 Å². The van der Waals surface area contributed by atoms with Gasteiger partial charge in [-0.3, -0.25) is 0 Å². The molecule has 3 heteroatoms. The first-order chi connectivity index (χ1) is 9.66. The van der Waals surface area contributed by atoms with Gasteiger partial charge in [-0.1, -0.05) is 42.5 Å². The minimum atomic E-state index is -0.245. The summed E-state index contributed by atoms with van der Waals surface area (Å²) in [5.74, 6) is 0. The predicted octanol–water partition coefficient (Wildman–Crippen LogP) is 4.10. The molecule has 0 unspecified atom stereocenters. The summed E-state index contributed by atoms with van der Waals surface area (Å²) in [4.78, 5) is 11.8. The summed E-state index contributed by atoms with van der Waals surface area (Å²) >= 11 is 0. The number of amides is 2. The van der Waals surface area contributed by atoms with E-state index in [0.717, 1.165) is 22.4 Å². The monoisotopic (exact) mass is 266 g/mol. The number of rotatable bonds is 3. The lowest BCUT2D eigenvalue weighted by Crippen LogP contribution is -2.24. The maximum Gasteiger partial charge on any atom is 0.323 e. The van der Waals surface area contributed by atoms with Crippen molar-refractivity contribution in [3.63, 3.8) is 0 Å². The third-order valence-electron chi connectivity index (χ3n) is 3.14. The zero-order valence-corrected chi connectivity index (χ0v) is 11.7. The highest BCUT2D eigenvalue weighted by Crippen LogP contribution is 2.17. The quantitative estimate of drug-likeness (QED) is 0.863. The van der Waals surface area contributed by atoms with Gasteiger partial charge in [0.2, 0.25) is 0 Å². The molecular formula is C17H18N2O. The summed E-state index contributed by atoms with van der Waals surface area (Å²) in [5.41, 5.74) is 4.10. The molecule has 3 nitrogen and oxygen atoms in total. The van der Waals surface area contributed by atoms with Gasteiger partial charge in [0.05, 0.1) is 0 Å². The molecule has 2 aromatic rings. The van der Waals surface area contributed by atoms with E-state index in [0.29, 0.717) is 0 Å². The smallest absolute Gasteiger partial charge is 0.314 e. The number of benzene rings is 2. The van der Waals surface area contributed by atoms with Crippen LogP contribution < -0.4 is 10.6 Å². The molecule has 2 amide bonds. The first-order valence-corrected chi connectivity index (χ1v) is 6.52. The Labute approximate surface area is 119 Å². The molecule has 0 fully saturated rings. The van der Waals surface area contributed by atoms with Crippen molar-refractivity contribution in [3.05, 3.63) is 71.4 Å². The number of nitrogens with one attached hydrogen (secondary N) is 2. The molecule has 2 rings (SSSR count). The van der Waals surface area contributed by atoms with E-state index in [1.54, 1.807) is 6.20 Å². The summed E-state index contributed by atoms with van der Waals surface area (Å²) < 4.78 is 0. The summed E-state index contributed by atoms with van der Waals surface area (Å²) in [5, 5.41) is 5.53. The Balaban J connectivity index is 1.93. The van der Waals surface area contributed by atoms with Gasteiger partial charge in [0.1, 0.15) is 0 Å². The van der Waals surface area contributed by atoms with Crippen molar-refractivity contribution in [3.8, 4) is 0 Å². The van der Waals surface area contributed by atoms with Gasteiger partial charge in [-0.25, -0.2) is 4.79 Å². The van der Waals surface area contributed by atoms with Crippen molar-refractivity contribution >= 4 is 17.8 Å². The molecule has 0 aliphatic rings. The Morgan fingerprint density at radius 3 is 2.50 bits per heavy atom. The van der Waals surface area contributed by atoms with Crippen LogP contribution in [0.25, 0.3) is 6.08 Å². The van der Waals surface area contributed by atoms with Crippen molar-refractivity contribution in [2.24, 2.45) is 0 Å². The van der Waals surface area contributed by atoms with Gasteiger partial charge >= 0.3 is 6.03 Å². The second-order valence-corrected chi connectivity index (χ2v) is 4.59. The lowest BCUT2D eigenvalue weighted by Gasteiger charge is -2.09. The molecule has 2 aromatic carbocycles. The normalized spacial score (nSPS) is 10.5. The van der Waals surface area contributed by atoms with E-state index < -0.39 is 0 Å². The Morgan fingerprint density at radius 1 is 1.00 bits per heavy atom. The van der Waals surface area contributed by atoms with Gasteiger partial charge in [0.25, 0.3) is 0 Å². The molecular weight excluding hydrogens is 248 g/mol. The predicted molar refractivity (Wildman–Crippen MR) is 83.5 cm³/mol. The number of aryl methyl sites for hydroxylation is 1. The number of carbonyl (C=O) groups is 1. The number of hydrogen-bond donors (Lipinski definition) is 2. The number of anilines is 1. The fraction of sp³-hybridized carbons (Fsp3) is 0.118. The first-order valence-electron chi connectivity index (χ1n) is 6.52. The second kappa shape index (κ2) is 6.57. The zero-order chi connectivity index (χ0) is 14.4. The van der Waals surface area contributed by atoms with Crippen molar-refractivity contribution < 1.29 is 4.79 Å². The van der Waals surface area contributed by atoms with Crippen molar-refractivity contribution in [2.45, 2.75) is 13.8 Å². The minimum absolute atomic E-state index is 0.245. The molecule has 0 spiro atoms. The number of urea groups is 1. The largest absolute Gasteiger partial charge is 0.323 e. The van der Waals surface area contributed by atoms with Crippen LogP contribution in [0.3, 0.4) is 0 Å². The van der Waals surface area contributed by atoms with E-state index in [1.807, 2.05) is 68.5 Å². The van der Waals surface area contributed by atoms with Crippen LogP contribution in [0.2, 0.25) is 0 Å². The van der Waals surface area contributed by atoms with E-state index in [9.17, 15) is 4.79 Å². The first kappa shape index (κ1) is 13.9. The molecule has 0 radical (unpaired) electrons. The van der Waals surface area contributed by atoms with E-state index in [-0.39, 0.29) is 6.03 Å². The van der Waals surface area contributed by atoms with Crippen LogP contribution >= 0.6 is 0 Å². The Morgan fingerprint density at radius 2 is 1.75 bits per heavy atom. The van der Waals surface area contributed by atoms with Gasteiger partial charge in [0, 0.05) is 11.9 Å². The van der Waals surface area contributed by atoms with E-state index in [4.69, 9.17) is 0 Å². The molecule has 0 aliphatic heterocycles. The maximum absolute atomic E-state index is 11.8.